The van der Waals surface area contributed by atoms with Crippen LogP contribution in [-0.2, 0) is 0 Å². The molecule has 1 fully saturated rings. The summed E-state index contributed by atoms with van der Waals surface area (Å²) in [6, 6.07) is 3.54. The molecule has 0 saturated heterocycles. The molecule has 0 spiro atoms. The van der Waals surface area contributed by atoms with E-state index in [1.54, 1.807) is 14.0 Å². The van der Waals surface area contributed by atoms with Crippen molar-refractivity contribution in [2.24, 2.45) is 5.92 Å². The van der Waals surface area contributed by atoms with Gasteiger partial charge in [0, 0.05) is 25.4 Å². The molecule has 2 aromatic rings. The summed E-state index contributed by atoms with van der Waals surface area (Å²) in [5.41, 5.74) is 0.305. The molecule has 0 radical (unpaired) electrons. The molecule has 1 N–H and O–H groups in total. The fraction of sp³-hybridized carbons (Fsp3) is 0.412. The number of para-hydroxylation sites is 1. The molecule has 24 heavy (non-hydrogen) atoms. The number of halogens is 2. The summed E-state index contributed by atoms with van der Waals surface area (Å²) in [6.45, 7) is 1.87. The zero-order valence-corrected chi connectivity index (χ0v) is 13.5. The molecule has 1 unspecified atom stereocenters. The first-order valence-electron chi connectivity index (χ1n) is 7.82. The van der Waals surface area contributed by atoms with Crippen LogP contribution in [0.15, 0.2) is 24.4 Å². The van der Waals surface area contributed by atoms with Crippen molar-refractivity contribution in [3.05, 3.63) is 47.3 Å². The predicted octanol–water partition coefficient (Wildman–Crippen LogP) is 2.30. The lowest BCUT2D eigenvalue weighted by molar-refractivity contribution is 0.0639. The van der Waals surface area contributed by atoms with E-state index in [0.717, 1.165) is 29.7 Å². The number of amides is 1. The maximum absolute atomic E-state index is 13.9. The summed E-state index contributed by atoms with van der Waals surface area (Å²) in [5.74, 6) is -1.64. The highest BCUT2D eigenvalue weighted by atomic mass is 19.1. The Morgan fingerprint density at radius 1 is 1.42 bits per heavy atom. The number of aryl methyl sites for hydroxylation is 1. The van der Waals surface area contributed by atoms with Crippen LogP contribution in [0.1, 0.15) is 28.9 Å². The van der Waals surface area contributed by atoms with Gasteiger partial charge in [0.2, 0.25) is 0 Å². The van der Waals surface area contributed by atoms with Gasteiger partial charge in [0.25, 0.3) is 5.91 Å². The van der Waals surface area contributed by atoms with Gasteiger partial charge in [-0.3, -0.25) is 4.79 Å². The third kappa shape index (κ3) is 3.17. The summed E-state index contributed by atoms with van der Waals surface area (Å²) in [5, 5.41) is 14.0. The zero-order chi connectivity index (χ0) is 17.4. The van der Waals surface area contributed by atoms with Gasteiger partial charge in [0.1, 0.15) is 5.69 Å². The molecule has 0 aliphatic heterocycles. The first-order chi connectivity index (χ1) is 11.4. The van der Waals surface area contributed by atoms with E-state index in [0.29, 0.717) is 5.56 Å². The standard InChI is InChI=1S/C17H19F2N3O2/c1-10-8-22(16-12(18)4-3-5-13(16)19)20-15(10)17(24)21(2)9-14(23)11-6-7-11/h3-5,8,11,14,23H,6-7,9H2,1-2H3. The number of benzene rings is 1. The summed E-state index contributed by atoms with van der Waals surface area (Å²) >= 11 is 0. The van der Waals surface area contributed by atoms with Gasteiger partial charge >= 0.3 is 0 Å². The average Bonchev–Trinajstić information content (AvgIpc) is 3.30. The number of carbonyl (C=O) groups is 1. The van der Waals surface area contributed by atoms with Gasteiger partial charge in [0.05, 0.1) is 6.10 Å². The maximum Gasteiger partial charge on any atom is 0.274 e. The van der Waals surface area contributed by atoms with Crippen molar-refractivity contribution >= 4 is 5.91 Å². The fourth-order valence-corrected chi connectivity index (χ4v) is 2.67. The fourth-order valence-electron chi connectivity index (χ4n) is 2.67. The van der Waals surface area contributed by atoms with E-state index in [4.69, 9.17) is 0 Å². The van der Waals surface area contributed by atoms with E-state index >= 15 is 0 Å². The van der Waals surface area contributed by atoms with E-state index < -0.39 is 17.7 Å². The molecule has 1 aromatic heterocycles. The number of carbonyl (C=O) groups excluding carboxylic acids is 1. The lowest BCUT2D eigenvalue weighted by atomic mass is 10.2. The van der Waals surface area contributed by atoms with Crippen molar-refractivity contribution in [2.45, 2.75) is 25.9 Å². The van der Waals surface area contributed by atoms with Gasteiger partial charge in [-0.05, 0) is 37.8 Å². The molecule has 1 aromatic carbocycles. The van der Waals surface area contributed by atoms with Crippen molar-refractivity contribution in [3.63, 3.8) is 0 Å². The number of aromatic nitrogens is 2. The number of aliphatic hydroxyl groups excluding tert-OH is 1. The Kier molecular flexibility index (Phi) is 4.36. The quantitative estimate of drug-likeness (QED) is 0.912. The number of hydrogen-bond acceptors (Lipinski definition) is 3. The van der Waals surface area contributed by atoms with Gasteiger partial charge in [-0.15, -0.1) is 0 Å². The second kappa shape index (κ2) is 6.32. The predicted molar refractivity (Wildman–Crippen MR) is 83.9 cm³/mol. The normalized spacial score (nSPS) is 15.4. The van der Waals surface area contributed by atoms with Crippen molar-refractivity contribution in [2.75, 3.05) is 13.6 Å². The molecule has 1 amide bonds. The molecule has 1 aliphatic carbocycles. The zero-order valence-electron chi connectivity index (χ0n) is 13.5. The highest BCUT2D eigenvalue weighted by Crippen LogP contribution is 2.32. The molecule has 128 valence electrons. The Bertz CT molecular complexity index is 751. The molecule has 3 rings (SSSR count). The molecule has 1 heterocycles. The molecule has 1 aliphatic rings. The Morgan fingerprint density at radius 2 is 2.04 bits per heavy atom. The first kappa shape index (κ1) is 16.6. The van der Waals surface area contributed by atoms with Gasteiger partial charge in [-0.2, -0.15) is 5.10 Å². The largest absolute Gasteiger partial charge is 0.391 e. The van der Waals surface area contributed by atoms with E-state index in [2.05, 4.69) is 5.10 Å². The molecule has 1 saturated carbocycles. The Hall–Kier alpha value is -2.28. The number of likely N-dealkylation sites (N-methyl/N-ethyl adjacent to an activating group) is 1. The molecular formula is C17H19F2N3O2. The molecular weight excluding hydrogens is 316 g/mol. The number of hydrogen-bond donors (Lipinski definition) is 1. The van der Waals surface area contributed by atoms with Crippen LogP contribution in [0.5, 0.6) is 0 Å². The number of rotatable bonds is 5. The van der Waals surface area contributed by atoms with E-state index in [1.165, 1.54) is 17.2 Å². The minimum Gasteiger partial charge on any atom is -0.391 e. The van der Waals surface area contributed by atoms with E-state index in [1.807, 2.05) is 0 Å². The molecule has 7 heteroatoms. The van der Waals surface area contributed by atoms with E-state index in [9.17, 15) is 18.7 Å². The minimum atomic E-state index is -0.756. The van der Waals surface area contributed by atoms with Crippen LogP contribution in [0.3, 0.4) is 0 Å². The second-order valence-corrected chi connectivity index (χ2v) is 6.27. The molecule has 0 bridgehead atoms. The van der Waals surface area contributed by atoms with Gasteiger partial charge in [-0.1, -0.05) is 6.07 Å². The van der Waals surface area contributed by atoms with Crippen molar-refractivity contribution in [1.29, 1.82) is 0 Å². The summed E-state index contributed by atoms with van der Waals surface area (Å²) in [7, 11) is 1.58. The summed E-state index contributed by atoms with van der Waals surface area (Å²) in [4.78, 5) is 13.9. The lowest BCUT2D eigenvalue weighted by Crippen LogP contribution is -2.35. The topological polar surface area (TPSA) is 58.4 Å². The highest BCUT2D eigenvalue weighted by Gasteiger charge is 2.32. The van der Waals surface area contributed by atoms with Crippen molar-refractivity contribution in [3.8, 4) is 5.69 Å². The molecule has 1 atom stereocenters. The first-order valence-corrected chi connectivity index (χ1v) is 7.82. The van der Waals surface area contributed by atoms with Crippen molar-refractivity contribution in [1.82, 2.24) is 14.7 Å². The Labute approximate surface area is 138 Å². The monoisotopic (exact) mass is 335 g/mol. The maximum atomic E-state index is 13.9. The van der Waals surface area contributed by atoms with Gasteiger partial charge in [-0.25, -0.2) is 13.5 Å². The minimum absolute atomic E-state index is 0.114. The third-order valence-electron chi connectivity index (χ3n) is 4.24. The average molecular weight is 335 g/mol. The van der Waals surface area contributed by atoms with Gasteiger partial charge < -0.3 is 10.0 Å². The van der Waals surface area contributed by atoms with Gasteiger partial charge in [0.15, 0.2) is 17.3 Å². The van der Waals surface area contributed by atoms with Crippen LogP contribution in [0.25, 0.3) is 5.69 Å². The summed E-state index contributed by atoms with van der Waals surface area (Å²) < 4.78 is 28.8. The highest BCUT2D eigenvalue weighted by molar-refractivity contribution is 5.93. The molecule has 5 nitrogen and oxygen atoms in total. The van der Waals surface area contributed by atoms with Crippen LogP contribution in [0.2, 0.25) is 0 Å². The second-order valence-electron chi connectivity index (χ2n) is 6.27. The number of aliphatic hydroxyl groups is 1. The third-order valence-corrected chi connectivity index (χ3v) is 4.24. The lowest BCUT2D eigenvalue weighted by Gasteiger charge is -2.20. The Morgan fingerprint density at radius 3 is 2.62 bits per heavy atom. The SMILES string of the molecule is Cc1cn(-c2c(F)cccc2F)nc1C(=O)N(C)CC(O)C1CC1. The van der Waals surface area contributed by atoms with Crippen molar-refractivity contribution < 1.29 is 18.7 Å². The summed E-state index contributed by atoms with van der Waals surface area (Å²) in [6.07, 6.45) is 2.82. The number of nitrogens with zero attached hydrogens (tertiary/aromatic N) is 3. The smallest absolute Gasteiger partial charge is 0.274 e. The van der Waals surface area contributed by atoms with Crippen LogP contribution in [0.4, 0.5) is 8.78 Å². The van der Waals surface area contributed by atoms with E-state index in [-0.39, 0.29) is 29.8 Å². The van der Waals surface area contributed by atoms with Crippen LogP contribution in [0, 0.1) is 24.5 Å². The van der Waals surface area contributed by atoms with Crippen LogP contribution >= 0.6 is 0 Å². The van der Waals surface area contributed by atoms with Crippen LogP contribution in [-0.4, -0.2) is 45.4 Å². The van der Waals surface area contributed by atoms with Crippen LogP contribution < -0.4 is 0 Å². The Balaban J connectivity index is 1.84.